The molecule has 1 fully saturated rings. The predicted molar refractivity (Wildman–Crippen MR) is 106 cm³/mol. The fourth-order valence-corrected chi connectivity index (χ4v) is 3.95. The van der Waals surface area contributed by atoms with Crippen LogP contribution in [-0.4, -0.2) is 65.9 Å². The van der Waals surface area contributed by atoms with Crippen molar-refractivity contribution in [1.29, 1.82) is 0 Å². The molecule has 1 heterocycles. The van der Waals surface area contributed by atoms with E-state index < -0.39 is 0 Å². The summed E-state index contributed by atoms with van der Waals surface area (Å²) in [7, 11) is 0. The van der Waals surface area contributed by atoms with Gasteiger partial charge in [-0.15, -0.1) is 0 Å². The summed E-state index contributed by atoms with van der Waals surface area (Å²) in [5, 5.41) is 23.4. The second-order valence-corrected chi connectivity index (χ2v) is 7.41. The van der Waals surface area contributed by atoms with Gasteiger partial charge in [0.25, 0.3) is 0 Å². The first-order valence-electron chi connectivity index (χ1n) is 9.63. The number of aliphatic hydroxyl groups excluding tert-OH is 2. The molecule has 2 aliphatic rings. The summed E-state index contributed by atoms with van der Waals surface area (Å²) >= 11 is 0. The van der Waals surface area contributed by atoms with E-state index in [-0.39, 0.29) is 12.0 Å². The number of piperazine rings is 1. The van der Waals surface area contributed by atoms with E-state index in [1.54, 1.807) is 6.08 Å². The van der Waals surface area contributed by atoms with Crippen molar-refractivity contribution in [2.24, 2.45) is 5.41 Å². The number of nitrogens with zero attached hydrogens (tertiary/aromatic N) is 2. The van der Waals surface area contributed by atoms with Crippen molar-refractivity contribution in [3.63, 3.8) is 0 Å². The predicted octanol–water partition coefficient (Wildman–Crippen LogP) is 2.83. The van der Waals surface area contributed by atoms with Crippen LogP contribution in [0.5, 0.6) is 0 Å². The van der Waals surface area contributed by atoms with Crippen molar-refractivity contribution in [1.82, 2.24) is 9.80 Å². The van der Waals surface area contributed by atoms with E-state index in [0.717, 1.165) is 50.7 Å². The Morgan fingerprint density at radius 3 is 2.42 bits per heavy atom. The van der Waals surface area contributed by atoms with Gasteiger partial charge in [0.2, 0.25) is 0 Å². The third-order valence-corrected chi connectivity index (χ3v) is 5.56. The Morgan fingerprint density at radius 1 is 1.08 bits per heavy atom. The molecular weight excluding hydrogens is 326 g/mol. The molecule has 1 saturated heterocycles. The molecule has 1 atom stereocenters. The highest BCUT2D eigenvalue weighted by molar-refractivity contribution is 5.50. The average Bonchev–Trinajstić information content (AvgIpc) is 2.67. The summed E-state index contributed by atoms with van der Waals surface area (Å²) in [6, 6.07) is 9.93. The summed E-state index contributed by atoms with van der Waals surface area (Å²) in [4.78, 5) is 4.97. The molecule has 0 radical (unpaired) electrons. The standard InChI is InChI=1S/C21H31N3O2/c1-2-23-11-13-24(14-12-23)17-21(10-15-25)9-8-20(26)19(16-21)22-18-6-4-3-5-7-18/h3-9,22,25-26H,2,10-17H2,1H3. The molecule has 0 bridgehead atoms. The van der Waals surface area contributed by atoms with Gasteiger partial charge in [-0.3, -0.25) is 4.90 Å². The van der Waals surface area contributed by atoms with Crippen LogP contribution >= 0.6 is 0 Å². The van der Waals surface area contributed by atoms with E-state index in [2.05, 4.69) is 28.1 Å². The molecule has 1 unspecified atom stereocenters. The minimum atomic E-state index is -0.146. The van der Waals surface area contributed by atoms with Gasteiger partial charge in [0.05, 0.1) is 5.70 Å². The van der Waals surface area contributed by atoms with Crippen molar-refractivity contribution < 1.29 is 10.2 Å². The summed E-state index contributed by atoms with van der Waals surface area (Å²) < 4.78 is 0. The molecule has 1 aliphatic carbocycles. The Kier molecular flexibility index (Phi) is 6.35. The van der Waals surface area contributed by atoms with Crippen molar-refractivity contribution in [2.75, 3.05) is 51.2 Å². The van der Waals surface area contributed by atoms with Gasteiger partial charge in [-0.2, -0.15) is 0 Å². The number of hydrogen-bond acceptors (Lipinski definition) is 5. The van der Waals surface area contributed by atoms with Crippen molar-refractivity contribution in [2.45, 2.75) is 19.8 Å². The molecule has 0 aromatic heterocycles. The Bertz CT molecular complexity index is 636. The summed E-state index contributed by atoms with van der Waals surface area (Å²) in [6.07, 6.45) is 5.30. The number of aliphatic hydroxyl groups is 2. The van der Waals surface area contributed by atoms with E-state index in [9.17, 15) is 10.2 Å². The molecule has 1 aromatic rings. The number of nitrogens with one attached hydrogen (secondary N) is 1. The van der Waals surface area contributed by atoms with Crippen molar-refractivity contribution in [3.8, 4) is 0 Å². The molecule has 3 N–H and O–H groups in total. The lowest BCUT2D eigenvalue weighted by Gasteiger charge is -2.42. The zero-order valence-corrected chi connectivity index (χ0v) is 15.7. The molecule has 0 amide bonds. The first-order chi connectivity index (χ1) is 12.6. The Morgan fingerprint density at radius 2 is 1.77 bits per heavy atom. The molecular formula is C21H31N3O2. The Balaban J connectivity index is 1.70. The van der Waals surface area contributed by atoms with Crippen LogP contribution in [0.1, 0.15) is 19.8 Å². The molecule has 26 heavy (non-hydrogen) atoms. The number of benzene rings is 1. The molecule has 5 nitrogen and oxygen atoms in total. The second-order valence-electron chi connectivity index (χ2n) is 7.41. The first kappa shape index (κ1) is 19.0. The topological polar surface area (TPSA) is 59.0 Å². The molecule has 1 aliphatic heterocycles. The maximum absolute atomic E-state index is 10.4. The first-order valence-corrected chi connectivity index (χ1v) is 9.63. The molecule has 3 rings (SSSR count). The SMILES string of the molecule is CCN1CCN(CC2(CCO)C=CC(O)=C(Nc3ccccc3)C2)CC1. The van der Waals surface area contributed by atoms with E-state index in [1.165, 1.54) is 0 Å². The van der Waals surface area contributed by atoms with Gasteiger partial charge < -0.3 is 20.4 Å². The molecule has 0 spiro atoms. The number of likely N-dealkylation sites (N-methyl/N-ethyl adjacent to an activating group) is 1. The summed E-state index contributed by atoms with van der Waals surface area (Å²) in [5.74, 6) is 0.290. The van der Waals surface area contributed by atoms with Crippen molar-refractivity contribution >= 4 is 5.69 Å². The van der Waals surface area contributed by atoms with Crippen molar-refractivity contribution in [3.05, 3.63) is 53.9 Å². The normalized spacial score (nSPS) is 24.8. The van der Waals surface area contributed by atoms with Crippen LogP contribution in [0.25, 0.3) is 0 Å². The van der Waals surface area contributed by atoms with Gasteiger partial charge in [-0.05, 0) is 31.2 Å². The fourth-order valence-electron chi connectivity index (χ4n) is 3.95. The smallest absolute Gasteiger partial charge is 0.134 e. The maximum Gasteiger partial charge on any atom is 0.134 e. The third-order valence-electron chi connectivity index (χ3n) is 5.56. The maximum atomic E-state index is 10.4. The Hall–Kier alpha value is -1.82. The third kappa shape index (κ3) is 4.67. The Labute approximate surface area is 156 Å². The van der Waals surface area contributed by atoms with Gasteiger partial charge in [-0.25, -0.2) is 0 Å². The van der Waals surface area contributed by atoms with E-state index >= 15 is 0 Å². The van der Waals surface area contributed by atoms with E-state index in [1.807, 2.05) is 30.3 Å². The minimum absolute atomic E-state index is 0.146. The van der Waals surface area contributed by atoms with E-state index in [0.29, 0.717) is 18.6 Å². The van der Waals surface area contributed by atoms with Gasteiger partial charge in [0.15, 0.2) is 0 Å². The van der Waals surface area contributed by atoms with Crippen LogP contribution in [0.15, 0.2) is 53.9 Å². The summed E-state index contributed by atoms with van der Waals surface area (Å²) in [6.45, 7) is 8.71. The summed E-state index contributed by atoms with van der Waals surface area (Å²) in [5.41, 5.74) is 1.66. The van der Waals surface area contributed by atoms with E-state index in [4.69, 9.17) is 0 Å². The highest BCUT2D eigenvalue weighted by Crippen LogP contribution is 2.38. The monoisotopic (exact) mass is 357 g/mol. The minimum Gasteiger partial charge on any atom is -0.506 e. The lowest BCUT2D eigenvalue weighted by atomic mass is 9.76. The van der Waals surface area contributed by atoms with Crippen LogP contribution < -0.4 is 5.32 Å². The second kappa shape index (κ2) is 8.71. The number of anilines is 1. The quantitative estimate of drug-likeness (QED) is 0.701. The van der Waals surface area contributed by atoms with Crippen LogP contribution in [0.3, 0.4) is 0 Å². The lowest BCUT2D eigenvalue weighted by Crippen LogP contribution is -2.50. The fraction of sp³-hybridized carbons (Fsp3) is 0.524. The van der Waals surface area contributed by atoms with Gasteiger partial charge in [0.1, 0.15) is 5.76 Å². The zero-order valence-electron chi connectivity index (χ0n) is 15.7. The van der Waals surface area contributed by atoms with Crippen LogP contribution in [-0.2, 0) is 0 Å². The lowest BCUT2D eigenvalue weighted by molar-refractivity contribution is 0.0900. The van der Waals surface area contributed by atoms with Gasteiger partial charge in [0, 0.05) is 56.9 Å². The number of para-hydroxylation sites is 1. The van der Waals surface area contributed by atoms with Crippen LogP contribution in [0, 0.1) is 5.41 Å². The van der Waals surface area contributed by atoms with Gasteiger partial charge >= 0.3 is 0 Å². The average molecular weight is 357 g/mol. The van der Waals surface area contributed by atoms with Crippen LogP contribution in [0.4, 0.5) is 5.69 Å². The molecule has 0 saturated carbocycles. The largest absolute Gasteiger partial charge is 0.506 e. The molecule has 1 aromatic carbocycles. The number of rotatable bonds is 7. The highest BCUT2D eigenvalue weighted by atomic mass is 16.3. The zero-order chi connectivity index (χ0) is 18.4. The number of hydrogen-bond donors (Lipinski definition) is 3. The van der Waals surface area contributed by atoms with Crippen LogP contribution in [0.2, 0.25) is 0 Å². The van der Waals surface area contributed by atoms with Gasteiger partial charge in [-0.1, -0.05) is 31.2 Å². The number of allylic oxidation sites excluding steroid dienone is 2. The molecule has 142 valence electrons. The highest BCUT2D eigenvalue weighted by Gasteiger charge is 2.34. The molecule has 5 heteroatoms.